The second-order valence-corrected chi connectivity index (χ2v) is 6.99. The highest BCUT2D eigenvalue weighted by Crippen LogP contribution is 2.28. The summed E-state index contributed by atoms with van der Waals surface area (Å²) in [7, 11) is 3.15. The van der Waals surface area contributed by atoms with E-state index < -0.39 is 11.5 Å². The molecule has 2 heterocycles. The second-order valence-electron chi connectivity index (χ2n) is 6.99. The van der Waals surface area contributed by atoms with Crippen LogP contribution in [0.25, 0.3) is 0 Å². The number of nitrogens with zero attached hydrogens (tertiary/aromatic N) is 4. The van der Waals surface area contributed by atoms with E-state index >= 15 is 0 Å². The van der Waals surface area contributed by atoms with Crippen molar-refractivity contribution < 1.29 is 14.3 Å². The van der Waals surface area contributed by atoms with Crippen LogP contribution in [0.5, 0.6) is 11.5 Å². The Morgan fingerprint density at radius 2 is 1.81 bits per heavy atom. The van der Waals surface area contributed by atoms with Crippen LogP contribution in [0.15, 0.2) is 53.3 Å². The van der Waals surface area contributed by atoms with Crippen molar-refractivity contribution in [1.82, 2.24) is 20.1 Å². The van der Waals surface area contributed by atoms with Crippen LogP contribution < -0.4 is 25.2 Å². The molecule has 31 heavy (non-hydrogen) atoms. The van der Waals surface area contributed by atoms with Crippen LogP contribution in [0.1, 0.15) is 16.1 Å². The normalized spacial score (nSPS) is 12.4. The highest BCUT2D eigenvalue weighted by atomic mass is 16.5. The summed E-state index contributed by atoms with van der Waals surface area (Å²) in [4.78, 5) is 27.3. The Hall–Kier alpha value is -3.88. The highest BCUT2D eigenvalue weighted by Gasteiger charge is 2.27. The lowest BCUT2D eigenvalue weighted by Gasteiger charge is -2.16. The molecule has 0 unspecified atom stereocenters. The number of fused-ring (bicyclic) bond motifs is 1. The van der Waals surface area contributed by atoms with Gasteiger partial charge in [-0.15, -0.1) is 10.2 Å². The number of methoxy groups -OCH3 is 2. The molecule has 0 bridgehead atoms. The first kappa shape index (κ1) is 20.4. The number of nitrogens with one attached hydrogen (secondary N) is 1. The van der Waals surface area contributed by atoms with E-state index in [0.717, 1.165) is 11.3 Å². The van der Waals surface area contributed by atoms with Gasteiger partial charge < -0.3 is 19.7 Å². The fourth-order valence-corrected chi connectivity index (χ4v) is 3.55. The minimum atomic E-state index is -0.536. The molecule has 9 nitrogen and oxygen atoms in total. The minimum Gasteiger partial charge on any atom is -0.493 e. The van der Waals surface area contributed by atoms with E-state index in [9.17, 15) is 9.59 Å². The Morgan fingerprint density at radius 1 is 1.03 bits per heavy atom. The Labute approximate surface area is 179 Å². The maximum absolute atomic E-state index is 12.8. The lowest BCUT2D eigenvalue weighted by Crippen LogP contribution is -2.35. The van der Waals surface area contributed by atoms with Crippen molar-refractivity contribution in [2.24, 2.45) is 0 Å². The average Bonchev–Trinajstić information content (AvgIpc) is 3.24. The number of para-hydroxylation sites is 1. The number of carbonyl (C=O) groups excluding carboxylic acids is 1. The molecular weight excluding hydrogens is 398 g/mol. The van der Waals surface area contributed by atoms with Crippen molar-refractivity contribution in [3.63, 3.8) is 0 Å². The van der Waals surface area contributed by atoms with Gasteiger partial charge in [0.15, 0.2) is 11.5 Å². The SMILES string of the molecule is COc1ccc(CCNC(=O)c2nnc3n(c2=O)CCN3c2ccccc2)cc1OC. The van der Waals surface area contributed by atoms with Crippen LogP contribution in [-0.4, -0.2) is 48.0 Å². The Kier molecular flexibility index (Phi) is 5.83. The smallest absolute Gasteiger partial charge is 0.286 e. The van der Waals surface area contributed by atoms with Gasteiger partial charge in [-0.1, -0.05) is 24.3 Å². The standard InChI is InChI=1S/C22H23N5O4/c1-30-17-9-8-15(14-18(17)31-2)10-11-23-20(28)19-21(29)27-13-12-26(22(27)25-24-19)16-6-4-3-5-7-16/h3-9,14H,10-13H2,1-2H3,(H,23,28). The van der Waals surface area contributed by atoms with Crippen molar-refractivity contribution in [2.45, 2.75) is 13.0 Å². The number of hydrogen-bond donors (Lipinski definition) is 1. The van der Waals surface area contributed by atoms with Crippen LogP contribution in [0.3, 0.4) is 0 Å². The number of hydrogen-bond acceptors (Lipinski definition) is 7. The van der Waals surface area contributed by atoms with E-state index in [0.29, 0.717) is 43.5 Å². The lowest BCUT2D eigenvalue weighted by atomic mass is 10.1. The molecular formula is C22H23N5O4. The number of aromatic nitrogens is 3. The summed E-state index contributed by atoms with van der Waals surface area (Å²) >= 11 is 0. The predicted octanol–water partition coefficient (Wildman–Crippen LogP) is 1.78. The van der Waals surface area contributed by atoms with E-state index in [1.807, 2.05) is 53.4 Å². The monoisotopic (exact) mass is 421 g/mol. The van der Waals surface area contributed by atoms with Crippen LogP contribution >= 0.6 is 0 Å². The quantitative estimate of drug-likeness (QED) is 0.621. The number of carbonyl (C=O) groups is 1. The summed E-state index contributed by atoms with van der Waals surface area (Å²) in [6.07, 6.45) is 0.563. The van der Waals surface area contributed by atoms with E-state index in [4.69, 9.17) is 9.47 Å². The van der Waals surface area contributed by atoms with Gasteiger partial charge >= 0.3 is 0 Å². The van der Waals surface area contributed by atoms with Crippen LogP contribution in [0.2, 0.25) is 0 Å². The van der Waals surface area contributed by atoms with Crippen molar-refractivity contribution in [3.05, 3.63) is 70.1 Å². The van der Waals surface area contributed by atoms with Crippen LogP contribution in [-0.2, 0) is 13.0 Å². The van der Waals surface area contributed by atoms with Gasteiger partial charge in [0.1, 0.15) is 0 Å². The number of amides is 1. The fraction of sp³-hybridized carbons (Fsp3) is 0.273. The Balaban J connectivity index is 1.44. The van der Waals surface area contributed by atoms with Crippen molar-refractivity contribution >= 4 is 17.5 Å². The maximum Gasteiger partial charge on any atom is 0.286 e. The second kappa shape index (κ2) is 8.86. The molecule has 3 aromatic rings. The molecule has 0 aliphatic carbocycles. The van der Waals surface area contributed by atoms with Gasteiger partial charge in [-0.25, -0.2) is 0 Å². The van der Waals surface area contributed by atoms with E-state index in [1.54, 1.807) is 14.2 Å². The highest BCUT2D eigenvalue weighted by molar-refractivity contribution is 5.91. The van der Waals surface area contributed by atoms with Gasteiger partial charge in [0.2, 0.25) is 11.6 Å². The van der Waals surface area contributed by atoms with Crippen LogP contribution in [0.4, 0.5) is 11.6 Å². The summed E-state index contributed by atoms with van der Waals surface area (Å²) in [6.45, 7) is 1.39. The molecule has 1 aliphatic heterocycles. The fourth-order valence-electron chi connectivity index (χ4n) is 3.55. The molecule has 2 aromatic carbocycles. The summed E-state index contributed by atoms with van der Waals surface area (Å²) in [6, 6.07) is 15.2. The molecule has 1 amide bonds. The number of benzene rings is 2. The molecule has 1 N–H and O–H groups in total. The van der Waals surface area contributed by atoms with Gasteiger partial charge in [0, 0.05) is 25.3 Å². The lowest BCUT2D eigenvalue weighted by molar-refractivity contribution is 0.0945. The van der Waals surface area contributed by atoms with Crippen molar-refractivity contribution in [1.29, 1.82) is 0 Å². The summed E-state index contributed by atoms with van der Waals surface area (Å²) < 4.78 is 12.0. The molecule has 9 heteroatoms. The van der Waals surface area contributed by atoms with E-state index in [-0.39, 0.29) is 5.69 Å². The zero-order valence-corrected chi connectivity index (χ0v) is 17.4. The predicted molar refractivity (Wildman–Crippen MR) is 115 cm³/mol. The number of anilines is 2. The Bertz CT molecular complexity index is 1150. The molecule has 0 saturated carbocycles. The van der Waals surface area contributed by atoms with E-state index in [2.05, 4.69) is 15.5 Å². The first-order valence-corrected chi connectivity index (χ1v) is 9.91. The van der Waals surface area contributed by atoms with Gasteiger partial charge in [0.25, 0.3) is 11.5 Å². The minimum absolute atomic E-state index is 0.203. The zero-order valence-electron chi connectivity index (χ0n) is 17.4. The third kappa shape index (κ3) is 4.07. The number of ether oxygens (including phenoxy) is 2. The van der Waals surface area contributed by atoms with Gasteiger partial charge in [-0.05, 0) is 36.2 Å². The molecule has 0 atom stereocenters. The first-order valence-electron chi connectivity index (χ1n) is 9.91. The number of rotatable bonds is 7. The molecule has 0 fully saturated rings. The molecule has 1 aromatic heterocycles. The molecule has 4 rings (SSSR count). The topological polar surface area (TPSA) is 98.6 Å². The van der Waals surface area contributed by atoms with Crippen molar-refractivity contribution in [3.8, 4) is 11.5 Å². The first-order chi connectivity index (χ1) is 15.1. The average molecular weight is 421 g/mol. The zero-order chi connectivity index (χ0) is 21.8. The van der Waals surface area contributed by atoms with Crippen LogP contribution in [0, 0.1) is 0 Å². The summed E-state index contributed by atoms with van der Waals surface area (Å²) in [5.74, 6) is 1.17. The van der Waals surface area contributed by atoms with E-state index in [1.165, 1.54) is 4.57 Å². The third-order valence-corrected chi connectivity index (χ3v) is 5.15. The Morgan fingerprint density at radius 3 is 2.55 bits per heavy atom. The summed E-state index contributed by atoms with van der Waals surface area (Å²) in [5, 5.41) is 10.8. The molecule has 0 spiro atoms. The third-order valence-electron chi connectivity index (χ3n) is 5.15. The largest absolute Gasteiger partial charge is 0.493 e. The molecule has 160 valence electrons. The van der Waals surface area contributed by atoms with Gasteiger partial charge in [0.05, 0.1) is 14.2 Å². The molecule has 0 radical (unpaired) electrons. The maximum atomic E-state index is 12.8. The molecule has 1 aliphatic rings. The molecule has 0 saturated heterocycles. The van der Waals surface area contributed by atoms with Gasteiger partial charge in [-0.3, -0.25) is 14.2 Å². The summed E-state index contributed by atoms with van der Waals surface area (Å²) in [5.41, 5.74) is 1.25. The van der Waals surface area contributed by atoms with Crippen molar-refractivity contribution in [2.75, 3.05) is 32.2 Å². The van der Waals surface area contributed by atoms with Gasteiger partial charge in [-0.2, -0.15) is 0 Å².